The molecule has 16 heavy (non-hydrogen) atoms. The quantitative estimate of drug-likeness (QED) is 0.753. The van der Waals surface area contributed by atoms with Gasteiger partial charge in [-0.15, -0.1) is 0 Å². The number of imidazole rings is 1. The Morgan fingerprint density at radius 1 is 1.56 bits per heavy atom. The first-order chi connectivity index (χ1) is 7.50. The highest BCUT2D eigenvalue weighted by Crippen LogP contribution is 2.24. The number of ether oxygens (including phenoxy) is 1. The maximum Gasteiger partial charge on any atom is 0.177 e. The second-order valence-electron chi connectivity index (χ2n) is 4.74. The largest absolute Gasteiger partial charge is 0.390 e. The van der Waals surface area contributed by atoms with Gasteiger partial charge >= 0.3 is 0 Å². The summed E-state index contributed by atoms with van der Waals surface area (Å²) in [5.74, 6) is 0. The van der Waals surface area contributed by atoms with Crippen molar-refractivity contribution in [1.82, 2.24) is 9.55 Å². The molecule has 2 N–H and O–H groups in total. The zero-order valence-electron chi connectivity index (χ0n) is 10.1. The second-order valence-corrected chi connectivity index (χ2v) is 5.12. The molecule has 0 aliphatic heterocycles. The average molecular weight is 244 g/mol. The molecule has 0 bridgehead atoms. The van der Waals surface area contributed by atoms with E-state index in [-0.39, 0.29) is 12.0 Å². The van der Waals surface area contributed by atoms with Crippen LogP contribution in [-0.4, -0.2) is 28.4 Å². The van der Waals surface area contributed by atoms with Crippen LogP contribution in [0.3, 0.4) is 0 Å². The molecule has 0 saturated carbocycles. The standard InChI is InChI=1S/C11H20N2O2S/c1-11(2,4-5-15-3)8-13-9(7-14)6-12-10(13)16/h6,14H,4-5,7-8H2,1-3H3,(H,12,16). The van der Waals surface area contributed by atoms with Gasteiger partial charge in [0.2, 0.25) is 0 Å². The van der Waals surface area contributed by atoms with Gasteiger partial charge in [0.15, 0.2) is 4.77 Å². The molecule has 92 valence electrons. The van der Waals surface area contributed by atoms with Crippen LogP contribution in [0.2, 0.25) is 0 Å². The van der Waals surface area contributed by atoms with E-state index in [4.69, 9.17) is 17.0 Å². The summed E-state index contributed by atoms with van der Waals surface area (Å²) in [5, 5.41) is 9.19. The van der Waals surface area contributed by atoms with Gasteiger partial charge in [-0.3, -0.25) is 0 Å². The van der Waals surface area contributed by atoms with E-state index in [1.54, 1.807) is 13.3 Å². The van der Waals surface area contributed by atoms with Gasteiger partial charge in [0.05, 0.1) is 12.3 Å². The molecule has 0 atom stereocenters. The molecule has 0 saturated heterocycles. The summed E-state index contributed by atoms with van der Waals surface area (Å²) >= 11 is 5.18. The Morgan fingerprint density at radius 3 is 2.81 bits per heavy atom. The molecule has 0 aliphatic rings. The van der Waals surface area contributed by atoms with Gasteiger partial charge in [-0.05, 0) is 24.1 Å². The third-order valence-corrected chi connectivity index (χ3v) is 3.02. The number of aliphatic hydroxyl groups is 1. The van der Waals surface area contributed by atoms with Crippen LogP contribution in [0.25, 0.3) is 0 Å². The van der Waals surface area contributed by atoms with Crippen LogP contribution in [0, 0.1) is 10.2 Å². The van der Waals surface area contributed by atoms with Crippen molar-refractivity contribution in [2.75, 3.05) is 13.7 Å². The van der Waals surface area contributed by atoms with Crippen LogP contribution >= 0.6 is 12.2 Å². The first kappa shape index (κ1) is 13.4. The maximum absolute atomic E-state index is 9.19. The molecule has 1 aromatic heterocycles. The van der Waals surface area contributed by atoms with Gasteiger partial charge in [0, 0.05) is 26.5 Å². The molecule has 0 fully saturated rings. The summed E-state index contributed by atoms with van der Waals surface area (Å²) in [6.07, 6.45) is 2.72. The third-order valence-electron chi connectivity index (χ3n) is 2.69. The van der Waals surface area contributed by atoms with Crippen molar-refractivity contribution in [2.24, 2.45) is 5.41 Å². The molecule has 0 aliphatic carbocycles. The Hall–Kier alpha value is -0.650. The third kappa shape index (κ3) is 3.43. The number of aromatic nitrogens is 2. The van der Waals surface area contributed by atoms with Crippen LogP contribution < -0.4 is 0 Å². The SMILES string of the molecule is COCCC(C)(C)Cn1c(CO)c[nH]c1=S. The smallest absolute Gasteiger partial charge is 0.177 e. The molecule has 0 unspecified atom stereocenters. The highest BCUT2D eigenvalue weighted by molar-refractivity contribution is 7.71. The van der Waals surface area contributed by atoms with E-state index in [2.05, 4.69) is 18.8 Å². The van der Waals surface area contributed by atoms with E-state index in [1.165, 1.54) is 0 Å². The molecule has 0 aromatic carbocycles. The fourth-order valence-corrected chi connectivity index (χ4v) is 1.86. The molecule has 5 heteroatoms. The predicted molar refractivity (Wildman–Crippen MR) is 65.8 cm³/mol. The maximum atomic E-state index is 9.19. The minimum Gasteiger partial charge on any atom is -0.390 e. The minimum absolute atomic E-state index is 0.00744. The Bertz CT molecular complexity index is 382. The zero-order chi connectivity index (χ0) is 12.2. The van der Waals surface area contributed by atoms with Crippen LogP contribution in [0.1, 0.15) is 26.0 Å². The van der Waals surface area contributed by atoms with Crippen LogP contribution in [0.4, 0.5) is 0 Å². The van der Waals surface area contributed by atoms with Gasteiger partial charge in [0.1, 0.15) is 0 Å². The number of H-pyrrole nitrogens is 1. The number of aromatic amines is 1. The van der Waals surface area contributed by atoms with Crippen LogP contribution in [-0.2, 0) is 17.9 Å². The van der Waals surface area contributed by atoms with E-state index in [0.717, 1.165) is 25.3 Å². The first-order valence-corrected chi connectivity index (χ1v) is 5.78. The van der Waals surface area contributed by atoms with E-state index in [0.29, 0.717) is 4.77 Å². The Kier molecular flexibility index (Phi) is 4.70. The van der Waals surface area contributed by atoms with Crippen molar-refractivity contribution in [2.45, 2.75) is 33.4 Å². The van der Waals surface area contributed by atoms with Gasteiger partial charge in [-0.25, -0.2) is 0 Å². The summed E-state index contributed by atoms with van der Waals surface area (Å²) in [6.45, 7) is 5.87. The Morgan fingerprint density at radius 2 is 2.25 bits per heavy atom. The highest BCUT2D eigenvalue weighted by atomic mass is 32.1. The molecular formula is C11H20N2O2S. The lowest BCUT2D eigenvalue weighted by Crippen LogP contribution is -2.22. The van der Waals surface area contributed by atoms with E-state index in [9.17, 15) is 5.11 Å². The lowest BCUT2D eigenvalue weighted by molar-refractivity contribution is 0.140. The summed E-state index contributed by atoms with van der Waals surface area (Å²) in [4.78, 5) is 2.95. The van der Waals surface area contributed by atoms with E-state index >= 15 is 0 Å². The van der Waals surface area contributed by atoms with Gasteiger partial charge in [-0.1, -0.05) is 13.8 Å². The number of hydrogen-bond donors (Lipinski definition) is 2. The lowest BCUT2D eigenvalue weighted by atomic mass is 9.89. The van der Waals surface area contributed by atoms with Crippen molar-refractivity contribution < 1.29 is 9.84 Å². The molecule has 1 rings (SSSR count). The summed E-state index contributed by atoms with van der Waals surface area (Å²) in [5.41, 5.74) is 0.927. The molecule has 1 heterocycles. The fourth-order valence-electron chi connectivity index (χ4n) is 1.62. The molecule has 0 amide bonds. The molecule has 4 nitrogen and oxygen atoms in total. The number of hydrogen-bond acceptors (Lipinski definition) is 3. The van der Waals surface area contributed by atoms with Crippen molar-refractivity contribution >= 4 is 12.2 Å². The first-order valence-electron chi connectivity index (χ1n) is 5.37. The zero-order valence-corrected chi connectivity index (χ0v) is 10.9. The number of rotatable bonds is 6. The molecular weight excluding hydrogens is 224 g/mol. The van der Waals surface area contributed by atoms with E-state index in [1.807, 2.05) is 4.57 Å². The summed E-state index contributed by atoms with van der Waals surface area (Å²) in [7, 11) is 1.71. The van der Waals surface area contributed by atoms with Crippen molar-refractivity contribution in [3.63, 3.8) is 0 Å². The lowest BCUT2D eigenvalue weighted by Gasteiger charge is -2.25. The average Bonchev–Trinajstić information content (AvgIpc) is 2.57. The van der Waals surface area contributed by atoms with Gasteiger partial charge in [-0.2, -0.15) is 0 Å². The second kappa shape index (κ2) is 5.61. The number of aliphatic hydroxyl groups excluding tert-OH is 1. The number of methoxy groups -OCH3 is 1. The van der Waals surface area contributed by atoms with E-state index < -0.39 is 0 Å². The Labute approximate surface area is 101 Å². The Balaban J connectivity index is 2.78. The van der Waals surface area contributed by atoms with Crippen LogP contribution in [0.15, 0.2) is 6.20 Å². The number of nitrogens with one attached hydrogen (secondary N) is 1. The molecule has 0 spiro atoms. The summed E-state index contributed by atoms with van der Waals surface area (Å²) < 4.78 is 7.70. The highest BCUT2D eigenvalue weighted by Gasteiger charge is 2.20. The monoisotopic (exact) mass is 244 g/mol. The predicted octanol–water partition coefficient (Wildman–Crippen LogP) is 2.10. The molecule has 0 radical (unpaired) electrons. The summed E-state index contributed by atoms with van der Waals surface area (Å²) in [6, 6.07) is 0. The minimum atomic E-state index is 0.00744. The van der Waals surface area contributed by atoms with Crippen molar-refractivity contribution in [3.05, 3.63) is 16.7 Å². The van der Waals surface area contributed by atoms with Gasteiger partial charge < -0.3 is 19.4 Å². The van der Waals surface area contributed by atoms with Crippen molar-refractivity contribution in [1.29, 1.82) is 0 Å². The van der Waals surface area contributed by atoms with Crippen LogP contribution in [0.5, 0.6) is 0 Å². The molecule has 1 aromatic rings. The van der Waals surface area contributed by atoms with Gasteiger partial charge in [0.25, 0.3) is 0 Å². The normalized spacial score (nSPS) is 12.0. The van der Waals surface area contributed by atoms with Crippen molar-refractivity contribution in [3.8, 4) is 0 Å². The fraction of sp³-hybridized carbons (Fsp3) is 0.727. The number of nitrogens with zero attached hydrogens (tertiary/aromatic N) is 1. The topological polar surface area (TPSA) is 50.2 Å².